The van der Waals surface area contributed by atoms with Crippen molar-refractivity contribution in [1.82, 2.24) is 25.6 Å². The van der Waals surface area contributed by atoms with Crippen molar-refractivity contribution < 1.29 is 0 Å². The Bertz CT molecular complexity index is 712. The van der Waals surface area contributed by atoms with Gasteiger partial charge in [0.05, 0.1) is 11.7 Å². The molecular formula is C26H46N6. The Balaban J connectivity index is 1.62. The van der Waals surface area contributed by atoms with Gasteiger partial charge in [-0.2, -0.15) is 0 Å². The van der Waals surface area contributed by atoms with E-state index in [2.05, 4.69) is 54.5 Å². The fourth-order valence-electron chi connectivity index (χ4n) is 4.28. The summed E-state index contributed by atoms with van der Waals surface area (Å²) in [6.07, 6.45) is 16.1. The van der Waals surface area contributed by atoms with Crippen LogP contribution in [-0.2, 0) is 6.42 Å². The van der Waals surface area contributed by atoms with Gasteiger partial charge in [-0.15, -0.1) is 5.10 Å². The zero-order chi connectivity index (χ0) is 23.3. The van der Waals surface area contributed by atoms with E-state index in [1.807, 2.05) is 10.9 Å². The molecule has 1 aliphatic rings. The van der Waals surface area contributed by atoms with E-state index in [0.717, 1.165) is 55.7 Å². The van der Waals surface area contributed by atoms with Crippen LogP contribution >= 0.6 is 0 Å². The molecule has 1 heterocycles. The molecule has 1 fully saturated rings. The molecule has 1 aliphatic carbocycles. The van der Waals surface area contributed by atoms with Crippen molar-refractivity contribution in [2.24, 2.45) is 11.7 Å². The number of aromatic nitrogens is 3. The monoisotopic (exact) mass is 442 g/mol. The second-order valence-corrected chi connectivity index (χ2v) is 9.65. The minimum atomic E-state index is 0.111. The molecule has 0 radical (unpaired) electrons. The lowest BCUT2D eigenvalue weighted by Crippen LogP contribution is -2.35. The molecule has 4 N–H and O–H groups in total. The summed E-state index contributed by atoms with van der Waals surface area (Å²) in [5.74, 6) is 0.573. The third-order valence-electron chi connectivity index (χ3n) is 6.47. The number of unbranched alkanes of at least 4 members (excludes halogenated alkanes) is 1. The summed E-state index contributed by atoms with van der Waals surface area (Å²) in [4.78, 5) is 0. The number of nitrogens with zero attached hydrogens (tertiary/aromatic N) is 3. The minimum Gasteiger partial charge on any atom is -0.401 e. The minimum absolute atomic E-state index is 0.111. The Morgan fingerprint density at radius 3 is 2.44 bits per heavy atom. The number of allylic oxidation sites excluding steroid dienone is 2. The van der Waals surface area contributed by atoms with Crippen LogP contribution in [-0.4, -0.2) is 27.6 Å². The average Bonchev–Trinajstić information content (AvgIpc) is 3.20. The summed E-state index contributed by atoms with van der Waals surface area (Å²) < 4.78 is 1.90. The third kappa shape index (κ3) is 9.49. The van der Waals surface area contributed by atoms with Crippen LogP contribution in [0.25, 0.3) is 0 Å². The fourth-order valence-corrected chi connectivity index (χ4v) is 4.28. The second-order valence-electron chi connectivity index (χ2n) is 9.65. The first-order valence-electron chi connectivity index (χ1n) is 12.6. The highest BCUT2D eigenvalue weighted by atomic mass is 15.4. The highest BCUT2D eigenvalue weighted by Gasteiger charge is 2.18. The van der Waals surface area contributed by atoms with Crippen molar-refractivity contribution in [2.75, 3.05) is 6.54 Å². The maximum Gasteiger partial charge on any atom is 0.0831 e. The van der Waals surface area contributed by atoms with Gasteiger partial charge in [0, 0.05) is 35.9 Å². The van der Waals surface area contributed by atoms with Gasteiger partial charge in [-0.3, -0.25) is 0 Å². The Labute approximate surface area is 195 Å². The third-order valence-corrected chi connectivity index (χ3v) is 6.47. The SMILES string of the molecule is C=C(CCc1cn(C(C)C)nn1)NCCCC[C@H](NC(=C)C1CCCCCCC1)C(=C)N. The normalized spacial score (nSPS) is 16.2. The first kappa shape index (κ1) is 26.0. The summed E-state index contributed by atoms with van der Waals surface area (Å²) in [6.45, 7) is 17.7. The van der Waals surface area contributed by atoms with Crippen molar-refractivity contribution in [3.63, 3.8) is 0 Å². The topological polar surface area (TPSA) is 80.8 Å². The molecule has 0 aliphatic heterocycles. The molecule has 1 saturated carbocycles. The van der Waals surface area contributed by atoms with Gasteiger partial charge in [0.25, 0.3) is 0 Å². The molecule has 2 rings (SSSR count). The molecule has 0 unspecified atom stereocenters. The summed E-state index contributed by atoms with van der Waals surface area (Å²) in [5.41, 5.74) is 10.0. The smallest absolute Gasteiger partial charge is 0.0831 e. The molecule has 0 spiro atoms. The molecule has 6 heteroatoms. The van der Waals surface area contributed by atoms with E-state index >= 15 is 0 Å². The number of nitrogens with one attached hydrogen (secondary N) is 2. The second kappa shape index (κ2) is 14.0. The lowest BCUT2D eigenvalue weighted by Gasteiger charge is -2.27. The van der Waals surface area contributed by atoms with Crippen molar-refractivity contribution in [2.45, 2.75) is 103 Å². The van der Waals surface area contributed by atoms with Crippen LogP contribution in [0.5, 0.6) is 0 Å². The lowest BCUT2D eigenvalue weighted by molar-refractivity contribution is 0.392. The summed E-state index contributed by atoms with van der Waals surface area (Å²) in [7, 11) is 0. The van der Waals surface area contributed by atoms with Crippen molar-refractivity contribution in [3.8, 4) is 0 Å². The molecular weight excluding hydrogens is 396 g/mol. The van der Waals surface area contributed by atoms with Crippen LogP contribution in [0.4, 0.5) is 0 Å². The summed E-state index contributed by atoms with van der Waals surface area (Å²) in [5, 5.41) is 15.4. The van der Waals surface area contributed by atoms with E-state index in [4.69, 9.17) is 5.73 Å². The fraction of sp³-hybridized carbons (Fsp3) is 0.692. The van der Waals surface area contributed by atoms with Crippen LogP contribution < -0.4 is 16.4 Å². The molecule has 0 bridgehead atoms. The zero-order valence-electron chi connectivity index (χ0n) is 20.5. The molecule has 0 amide bonds. The van der Waals surface area contributed by atoms with E-state index in [1.54, 1.807) is 0 Å². The van der Waals surface area contributed by atoms with Gasteiger partial charge in [-0.25, -0.2) is 4.68 Å². The number of hydrogen-bond donors (Lipinski definition) is 3. The zero-order valence-corrected chi connectivity index (χ0v) is 20.5. The Hall–Kier alpha value is -2.24. The largest absolute Gasteiger partial charge is 0.401 e. The van der Waals surface area contributed by atoms with Gasteiger partial charge in [-0.1, -0.05) is 57.1 Å². The molecule has 0 saturated heterocycles. The van der Waals surface area contributed by atoms with Crippen LogP contribution in [0, 0.1) is 5.92 Å². The van der Waals surface area contributed by atoms with E-state index < -0.39 is 0 Å². The van der Waals surface area contributed by atoms with Crippen molar-refractivity contribution >= 4 is 0 Å². The molecule has 32 heavy (non-hydrogen) atoms. The van der Waals surface area contributed by atoms with Crippen LogP contribution in [0.3, 0.4) is 0 Å². The predicted octanol–water partition coefficient (Wildman–Crippen LogP) is 5.37. The van der Waals surface area contributed by atoms with Gasteiger partial charge in [0.2, 0.25) is 0 Å². The van der Waals surface area contributed by atoms with Crippen LogP contribution in [0.15, 0.2) is 43.0 Å². The predicted molar refractivity (Wildman–Crippen MR) is 135 cm³/mol. The van der Waals surface area contributed by atoms with Gasteiger partial charge in [0.15, 0.2) is 0 Å². The van der Waals surface area contributed by atoms with E-state index in [0.29, 0.717) is 17.7 Å². The van der Waals surface area contributed by atoms with E-state index in [1.165, 1.54) is 44.9 Å². The quantitative estimate of drug-likeness (QED) is 0.338. The molecule has 1 atom stereocenters. The van der Waals surface area contributed by atoms with E-state index in [-0.39, 0.29) is 6.04 Å². The summed E-state index contributed by atoms with van der Waals surface area (Å²) >= 11 is 0. The average molecular weight is 443 g/mol. The molecule has 180 valence electrons. The van der Waals surface area contributed by atoms with Crippen molar-refractivity contribution in [1.29, 1.82) is 0 Å². The van der Waals surface area contributed by atoms with Crippen molar-refractivity contribution in [3.05, 3.63) is 48.7 Å². The van der Waals surface area contributed by atoms with Gasteiger partial charge < -0.3 is 16.4 Å². The van der Waals surface area contributed by atoms with Crippen LogP contribution in [0.2, 0.25) is 0 Å². The lowest BCUT2D eigenvalue weighted by atomic mass is 9.88. The number of nitrogens with two attached hydrogens (primary N) is 1. The molecule has 6 nitrogen and oxygen atoms in total. The van der Waals surface area contributed by atoms with Gasteiger partial charge >= 0.3 is 0 Å². The van der Waals surface area contributed by atoms with Gasteiger partial charge in [0.1, 0.15) is 0 Å². The molecule has 1 aromatic heterocycles. The Kier molecular flexibility index (Phi) is 11.4. The highest BCUT2D eigenvalue weighted by Crippen LogP contribution is 2.26. The first-order chi connectivity index (χ1) is 15.4. The maximum atomic E-state index is 6.11. The van der Waals surface area contributed by atoms with Crippen LogP contribution in [0.1, 0.15) is 96.2 Å². The highest BCUT2D eigenvalue weighted by molar-refractivity contribution is 5.09. The standard InChI is InChI=1S/C26H46N6/c1-20(2)32-19-25(30-31-32)17-16-21(3)28-18-12-11-15-26(22(4)27)29-23(5)24-13-9-7-6-8-10-14-24/h19-20,24,26,28-29H,3-18,27H2,1-2H3/t26-/m0/s1. The maximum absolute atomic E-state index is 6.11. The molecule has 1 aromatic rings. The number of aryl methyl sites for hydroxylation is 1. The Morgan fingerprint density at radius 1 is 1.12 bits per heavy atom. The van der Waals surface area contributed by atoms with Gasteiger partial charge in [-0.05, 0) is 64.7 Å². The summed E-state index contributed by atoms with van der Waals surface area (Å²) in [6, 6.07) is 0.453. The first-order valence-corrected chi connectivity index (χ1v) is 12.6. The number of rotatable bonds is 14. The number of hydrogen-bond acceptors (Lipinski definition) is 5. The van der Waals surface area contributed by atoms with E-state index in [9.17, 15) is 0 Å². The molecule has 0 aromatic carbocycles. The Morgan fingerprint density at radius 2 is 1.81 bits per heavy atom.